The maximum absolute atomic E-state index is 11.4. The number of hydrogen-bond acceptors (Lipinski definition) is 1. The van der Waals surface area contributed by atoms with Gasteiger partial charge in [0.25, 0.3) is 0 Å². The van der Waals surface area contributed by atoms with Crippen LogP contribution in [0.5, 0.6) is 0 Å². The lowest BCUT2D eigenvalue weighted by Gasteiger charge is -2.35. The quantitative estimate of drug-likeness (QED) is 0.408. The molecule has 0 saturated heterocycles. The zero-order valence-corrected chi connectivity index (χ0v) is 5.84. The first-order valence-electron chi connectivity index (χ1n) is 3.52. The second kappa shape index (κ2) is 2.50. The Balaban J connectivity index is 2.42. The number of rotatable bonds is 2. The van der Waals surface area contributed by atoms with Crippen LogP contribution in [0.4, 0.5) is 0 Å². The van der Waals surface area contributed by atoms with Gasteiger partial charge in [0.2, 0.25) is 0 Å². The molecule has 1 unspecified atom stereocenters. The minimum Gasteiger partial charge on any atom is -0.628 e. The van der Waals surface area contributed by atoms with Crippen molar-refractivity contribution in [2.75, 3.05) is 13.1 Å². The molecule has 0 radical (unpaired) electrons. The van der Waals surface area contributed by atoms with Gasteiger partial charge in [-0.15, -0.1) is 0 Å². The van der Waals surface area contributed by atoms with Crippen LogP contribution in [0.25, 0.3) is 0 Å². The molecule has 1 rings (SSSR count). The Hall–Kier alpha value is -0.340. The predicted octanol–water partition coefficient (Wildman–Crippen LogP) is 1.63. The molecule has 0 aromatic heterocycles. The van der Waals surface area contributed by atoms with Crippen LogP contribution < -0.4 is 0 Å². The molecule has 0 aromatic rings. The highest BCUT2D eigenvalue weighted by molar-refractivity contribution is 4.81. The molecule has 1 aliphatic heterocycles. The molecule has 0 spiro atoms. The van der Waals surface area contributed by atoms with Gasteiger partial charge >= 0.3 is 0 Å². The van der Waals surface area contributed by atoms with E-state index in [0.717, 1.165) is 25.9 Å². The van der Waals surface area contributed by atoms with Gasteiger partial charge in [-0.2, -0.15) is 0 Å². The van der Waals surface area contributed by atoms with Crippen molar-refractivity contribution in [3.05, 3.63) is 17.5 Å². The zero-order valence-electron chi connectivity index (χ0n) is 5.84. The topological polar surface area (TPSA) is 23.1 Å². The van der Waals surface area contributed by atoms with Crippen LogP contribution in [0, 0.1) is 5.21 Å². The van der Waals surface area contributed by atoms with Crippen molar-refractivity contribution in [1.29, 1.82) is 0 Å². The van der Waals surface area contributed by atoms with Gasteiger partial charge in [-0.1, -0.05) is 6.92 Å². The first-order valence-corrected chi connectivity index (χ1v) is 3.52. The summed E-state index contributed by atoms with van der Waals surface area (Å²) in [6.07, 6.45) is 5.68. The minimum absolute atomic E-state index is 0.0868. The number of nitrogens with zero attached hydrogens (tertiary/aromatic N) is 1. The molecule has 0 fully saturated rings. The van der Waals surface area contributed by atoms with Crippen LogP contribution >= 0.6 is 0 Å². The first-order chi connectivity index (χ1) is 4.27. The second-order valence-electron chi connectivity index (χ2n) is 2.57. The summed E-state index contributed by atoms with van der Waals surface area (Å²) in [6.45, 7) is 3.55. The molecule has 1 aliphatic rings. The Kier molecular flexibility index (Phi) is 1.88. The van der Waals surface area contributed by atoms with Crippen LogP contribution in [-0.2, 0) is 0 Å². The molecule has 9 heavy (non-hydrogen) atoms. The summed E-state index contributed by atoms with van der Waals surface area (Å²) in [5.74, 6) is 0. The van der Waals surface area contributed by atoms with E-state index in [1.54, 1.807) is 6.20 Å². The van der Waals surface area contributed by atoms with Gasteiger partial charge in [0, 0.05) is 6.42 Å². The van der Waals surface area contributed by atoms with E-state index >= 15 is 0 Å². The predicted molar refractivity (Wildman–Crippen MR) is 37.4 cm³/mol. The van der Waals surface area contributed by atoms with E-state index in [1.807, 2.05) is 13.0 Å². The second-order valence-corrected chi connectivity index (χ2v) is 2.57. The van der Waals surface area contributed by atoms with Crippen LogP contribution in [0.2, 0.25) is 0 Å². The van der Waals surface area contributed by atoms with Crippen LogP contribution in [0.1, 0.15) is 19.8 Å². The molecule has 52 valence electrons. The molecule has 1 heterocycles. The molecule has 1 atom stereocenters. The van der Waals surface area contributed by atoms with Gasteiger partial charge in [-0.05, 0) is 12.5 Å². The third-order valence-electron chi connectivity index (χ3n) is 1.65. The van der Waals surface area contributed by atoms with Crippen molar-refractivity contribution < 1.29 is 4.65 Å². The maximum atomic E-state index is 11.4. The number of hydrogen-bond donors (Lipinski definition) is 0. The van der Waals surface area contributed by atoms with Crippen molar-refractivity contribution in [3.63, 3.8) is 0 Å². The average Bonchev–Trinajstić information content (AvgIpc) is 2.16. The zero-order chi connectivity index (χ0) is 6.74. The minimum atomic E-state index is -0.0868. The number of hydroxylamine groups is 3. The van der Waals surface area contributed by atoms with Gasteiger partial charge < -0.3 is 9.85 Å². The molecule has 0 aromatic carbocycles. The smallest absolute Gasteiger partial charge is 0.0920 e. The summed E-state index contributed by atoms with van der Waals surface area (Å²) in [7, 11) is 0. The highest BCUT2D eigenvalue weighted by Gasteiger charge is 2.15. The van der Waals surface area contributed by atoms with Gasteiger partial charge in [-0.3, -0.25) is 0 Å². The summed E-state index contributed by atoms with van der Waals surface area (Å²) in [4.78, 5) is 0. The monoisotopic (exact) mass is 127 g/mol. The van der Waals surface area contributed by atoms with E-state index in [-0.39, 0.29) is 4.65 Å². The maximum Gasteiger partial charge on any atom is 0.0920 e. The molecule has 2 heteroatoms. The molecule has 2 nitrogen and oxygen atoms in total. The Labute approximate surface area is 56.0 Å². The largest absolute Gasteiger partial charge is 0.628 e. The normalized spacial score (nSPS) is 33.6. The third-order valence-corrected chi connectivity index (χ3v) is 1.65. The Morgan fingerprint density at radius 3 is 2.89 bits per heavy atom. The Bertz CT molecular complexity index is 122. The van der Waals surface area contributed by atoms with Crippen molar-refractivity contribution >= 4 is 0 Å². The SMILES string of the molecule is CCC[N+]1([O-])C=CCC1. The summed E-state index contributed by atoms with van der Waals surface area (Å²) in [5.41, 5.74) is 0. The van der Waals surface area contributed by atoms with Gasteiger partial charge in [0.1, 0.15) is 0 Å². The van der Waals surface area contributed by atoms with Crippen molar-refractivity contribution in [1.82, 2.24) is 0 Å². The third kappa shape index (κ3) is 1.53. The lowest BCUT2D eigenvalue weighted by atomic mass is 10.4. The average molecular weight is 127 g/mol. The molecular formula is C7H13NO. The van der Waals surface area contributed by atoms with Crippen molar-refractivity contribution in [2.45, 2.75) is 19.8 Å². The van der Waals surface area contributed by atoms with E-state index in [4.69, 9.17) is 0 Å². The standard InChI is InChI=1S/C7H13NO/c1-2-5-8(9)6-3-4-7-8/h3,6H,2,4-5,7H2,1H3. The first kappa shape index (κ1) is 6.78. The van der Waals surface area contributed by atoms with Gasteiger partial charge in [0.15, 0.2) is 0 Å². The van der Waals surface area contributed by atoms with Crippen molar-refractivity contribution in [2.24, 2.45) is 0 Å². The van der Waals surface area contributed by atoms with Crippen molar-refractivity contribution in [3.8, 4) is 0 Å². The fourth-order valence-electron chi connectivity index (χ4n) is 1.20. The summed E-state index contributed by atoms with van der Waals surface area (Å²) in [5, 5.41) is 11.4. The van der Waals surface area contributed by atoms with Gasteiger partial charge in [-0.25, -0.2) is 0 Å². The van der Waals surface area contributed by atoms with E-state index in [2.05, 4.69) is 0 Å². The highest BCUT2D eigenvalue weighted by atomic mass is 16.5. The summed E-state index contributed by atoms with van der Waals surface area (Å²) in [6, 6.07) is 0. The highest BCUT2D eigenvalue weighted by Crippen LogP contribution is 2.14. The number of quaternary nitrogens is 1. The van der Waals surface area contributed by atoms with E-state index in [9.17, 15) is 5.21 Å². The van der Waals surface area contributed by atoms with E-state index in [0.29, 0.717) is 0 Å². The molecule has 0 amide bonds. The molecule has 0 N–H and O–H groups in total. The Morgan fingerprint density at radius 1 is 1.67 bits per heavy atom. The fraction of sp³-hybridized carbons (Fsp3) is 0.714. The molecule has 0 saturated carbocycles. The van der Waals surface area contributed by atoms with E-state index in [1.165, 1.54) is 0 Å². The fourth-order valence-corrected chi connectivity index (χ4v) is 1.20. The molecular weight excluding hydrogens is 114 g/mol. The van der Waals surface area contributed by atoms with E-state index < -0.39 is 0 Å². The van der Waals surface area contributed by atoms with Gasteiger partial charge in [0.05, 0.1) is 19.3 Å². The lowest BCUT2D eigenvalue weighted by molar-refractivity contribution is -0.823. The van der Waals surface area contributed by atoms with Crippen LogP contribution in [-0.4, -0.2) is 17.7 Å². The summed E-state index contributed by atoms with van der Waals surface area (Å²) >= 11 is 0. The molecule has 0 bridgehead atoms. The van der Waals surface area contributed by atoms with Crippen LogP contribution in [0.3, 0.4) is 0 Å². The Morgan fingerprint density at radius 2 is 2.44 bits per heavy atom. The lowest BCUT2D eigenvalue weighted by Crippen LogP contribution is -2.34. The summed E-state index contributed by atoms with van der Waals surface area (Å²) < 4.78 is -0.0868. The van der Waals surface area contributed by atoms with Crippen LogP contribution in [0.15, 0.2) is 12.3 Å². The molecule has 0 aliphatic carbocycles.